The van der Waals surface area contributed by atoms with E-state index >= 15 is 0 Å². The third-order valence-electron chi connectivity index (χ3n) is 6.86. The summed E-state index contributed by atoms with van der Waals surface area (Å²) in [5, 5.41) is 13.1. The first kappa shape index (κ1) is 19.4. The van der Waals surface area contributed by atoms with Gasteiger partial charge in [-0.2, -0.15) is 0 Å². The molecule has 162 valence electrons. The zero-order chi connectivity index (χ0) is 22.4. The molecule has 3 aromatic carbocycles. The van der Waals surface area contributed by atoms with E-state index in [4.69, 9.17) is 0 Å². The Bertz CT molecular complexity index is 1440. The number of aromatic amines is 3. The van der Waals surface area contributed by atoms with Crippen LogP contribution in [-0.4, -0.2) is 26.0 Å². The average molecular weight is 434 g/mol. The lowest BCUT2D eigenvalue weighted by Gasteiger charge is -2.34. The molecular weight excluding hydrogens is 410 g/mol. The molecule has 0 unspecified atom stereocenters. The Labute approximate surface area is 190 Å². The van der Waals surface area contributed by atoms with Gasteiger partial charge in [0.1, 0.15) is 0 Å². The molecule has 0 aliphatic heterocycles. The number of rotatable bonds is 6. The van der Waals surface area contributed by atoms with E-state index in [0.29, 0.717) is 6.42 Å². The quantitative estimate of drug-likeness (QED) is 0.247. The SMILES string of the molecule is O=C(O)CCC(c1c[nH]c2ccccc12)(c1c[nH]c2ccccc12)c1c[nH]c2ccccc12. The predicted octanol–water partition coefficient (Wildman–Crippen LogP) is 6.33. The number of carboxylic acids is 1. The topological polar surface area (TPSA) is 84.7 Å². The summed E-state index contributed by atoms with van der Waals surface area (Å²) in [7, 11) is 0. The molecular formula is C28H23N3O2. The molecule has 5 heteroatoms. The van der Waals surface area contributed by atoms with Crippen molar-refractivity contribution in [1.29, 1.82) is 0 Å². The van der Waals surface area contributed by atoms with Gasteiger partial charge in [-0.25, -0.2) is 0 Å². The first-order chi connectivity index (χ1) is 16.2. The number of aromatic nitrogens is 3. The number of para-hydroxylation sites is 3. The number of nitrogens with one attached hydrogen (secondary N) is 3. The first-order valence-electron chi connectivity index (χ1n) is 11.1. The minimum atomic E-state index is -0.807. The lowest BCUT2D eigenvalue weighted by atomic mass is 9.66. The fourth-order valence-corrected chi connectivity index (χ4v) is 5.41. The largest absolute Gasteiger partial charge is 0.481 e. The van der Waals surface area contributed by atoms with Crippen molar-refractivity contribution in [3.63, 3.8) is 0 Å². The van der Waals surface area contributed by atoms with Gasteiger partial charge in [0, 0.05) is 57.7 Å². The fraction of sp³-hybridized carbons (Fsp3) is 0.107. The molecule has 3 aromatic heterocycles. The van der Waals surface area contributed by atoms with Crippen LogP contribution in [-0.2, 0) is 10.2 Å². The van der Waals surface area contributed by atoms with Gasteiger partial charge >= 0.3 is 5.97 Å². The molecule has 5 nitrogen and oxygen atoms in total. The van der Waals surface area contributed by atoms with E-state index in [1.54, 1.807) is 0 Å². The molecule has 6 rings (SSSR count). The summed E-state index contributed by atoms with van der Waals surface area (Å²) in [5.41, 5.74) is 5.65. The number of hydrogen-bond acceptors (Lipinski definition) is 1. The summed E-state index contributed by atoms with van der Waals surface area (Å²) in [6, 6.07) is 24.7. The molecule has 0 radical (unpaired) electrons. The summed E-state index contributed by atoms with van der Waals surface area (Å²) in [6.45, 7) is 0. The third-order valence-corrected chi connectivity index (χ3v) is 6.86. The second-order valence-electron chi connectivity index (χ2n) is 8.54. The van der Waals surface area contributed by atoms with Crippen LogP contribution in [0.25, 0.3) is 32.7 Å². The average Bonchev–Trinajstić information content (AvgIpc) is 3.58. The van der Waals surface area contributed by atoms with Gasteiger partial charge in [-0.1, -0.05) is 54.6 Å². The van der Waals surface area contributed by atoms with Crippen LogP contribution in [0.15, 0.2) is 91.4 Å². The van der Waals surface area contributed by atoms with Crippen LogP contribution in [0.4, 0.5) is 0 Å². The first-order valence-corrected chi connectivity index (χ1v) is 11.1. The van der Waals surface area contributed by atoms with E-state index in [-0.39, 0.29) is 6.42 Å². The highest BCUT2D eigenvalue weighted by Gasteiger charge is 2.42. The van der Waals surface area contributed by atoms with Crippen LogP contribution in [0.3, 0.4) is 0 Å². The Morgan fingerprint density at radius 1 is 0.636 bits per heavy atom. The van der Waals surface area contributed by atoms with Crippen molar-refractivity contribution >= 4 is 38.7 Å². The molecule has 0 aliphatic carbocycles. The minimum Gasteiger partial charge on any atom is -0.481 e. The maximum atomic E-state index is 11.9. The molecule has 4 N–H and O–H groups in total. The molecule has 6 aromatic rings. The number of fused-ring (bicyclic) bond motifs is 3. The Morgan fingerprint density at radius 2 is 1.00 bits per heavy atom. The number of hydrogen-bond donors (Lipinski definition) is 4. The molecule has 33 heavy (non-hydrogen) atoms. The van der Waals surface area contributed by atoms with Crippen molar-refractivity contribution in [2.24, 2.45) is 0 Å². The highest BCUT2D eigenvalue weighted by Crippen LogP contribution is 2.50. The third kappa shape index (κ3) is 2.89. The zero-order valence-corrected chi connectivity index (χ0v) is 17.9. The Balaban J connectivity index is 1.77. The van der Waals surface area contributed by atoms with E-state index in [2.05, 4.69) is 69.9 Å². The van der Waals surface area contributed by atoms with Gasteiger partial charge in [-0.3, -0.25) is 4.79 Å². The Kier molecular flexibility index (Phi) is 4.37. The standard InChI is InChI=1S/C28H23N3O2/c32-27(33)13-14-28(21-15-29-24-10-4-1-7-18(21)24,22-16-30-25-11-5-2-8-19(22)25)23-17-31-26-12-6-3-9-20(23)26/h1-12,15-17,29-31H,13-14H2,(H,32,33). The molecule has 0 saturated carbocycles. The minimum absolute atomic E-state index is 0.0402. The van der Waals surface area contributed by atoms with Crippen LogP contribution in [0.5, 0.6) is 0 Å². The van der Waals surface area contributed by atoms with Crippen molar-refractivity contribution in [1.82, 2.24) is 15.0 Å². The monoisotopic (exact) mass is 433 g/mol. The molecule has 0 amide bonds. The summed E-state index contributed by atoms with van der Waals surface area (Å²) < 4.78 is 0. The van der Waals surface area contributed by atoms with Crippen LogP contribution in [0.2, 0.25) is 0 Å². The van der Waals surface area contributed by atoms with Crippen LogP contribution in [0.1, 0.15) is 29.5 Å². The van der Waals surface area contributed by atoms with Crippen molar-refractivity contribution in [3.05, 3.63) is 108 Å². The zero-order valence-electron chi connectivity index (χ0n) is 17.9. The van der Waals surface area contributed by atoms with Gasteiger partial charge < -0.3 is 20.1 Å². The second-order valence-corrected chi connectivity index (χ2v) is 8.54. The van der Waals surface area contributed by atoms with Crippen molar-refractivity contribution in [3.8, 4) is 0 Å². The lowest BCUT2D eigenvalue weighted by molar-refractivity contribution is -0.137. The predicted molar refractivity (Wildman–Crippen MR) is 132 cm³/mol. The van der Waals surface area contributed by atoms with Crippen molar-refractivity contribution < 1.29 is 9.90 Å². The fourth-order valence-electron chi connectivity index (χ4n) is 5.41. The smallest absolute Gasteiger partial charge is 0.303 e. The highest BCUT2D eigenvalue weighted by molar-refractivity contribution is 5.94. The normalized spacial score (nSPS) is 12.1. The molecule has 0 saturated heterocycles. The maximum absolute atomic E-state index is 11.9. The van der Waals surface area contributed by atoms with Gasteiger partial charge in [0.15, 0.2) is 0 Å². The van der Waals surface area contributed by atoms with Crippen molar-refractivity contribution in [2.75, 3.05) is 0 Å². The number of benzene rings is 3. The molecule has 0 atom stereocenters. The summed E-state index contributed by atoms with van der Waals surface area (Å²) in [4.78, 5) is 22.2. The van der Waals surface area contributed by atoms with Gasteiger partial charge in [-0.05, 0) is 41.3 Å². The number of carboxylic acid groups (broad SMARTS) is 1. The van der Waals surface area contributed by atoms with E-state index in [1.165, 1.54) is 0 Å². The molecule has 0 aliphatic rings. The van der Waals surface area contributed by atoms with Gasteiger partial charge in [0.2, 0.25) is 0 Å². The molecule has 0 bridgehead atoms. The summed E-state index contributed by atoms with van der Waals surface area (Å²) in [5.74, 6) is -0.807. The Hall–Kier alpha value is -4.25. The second kappa shape index (κ2) is 7.41. The Morgan fingerprint density at radius 3 is 1.36 bits per heavy atom. The molecule has 3 heterocycles. The van der Waals surface area contributed by atoms with E-state index in [9.17, 15) is 9.90 Å². The van der Waals surface area contributed by atoms with Crippen LogP contribution in [0, 0.1) is 0 Å². The number of aliphatic carboxylic acids is 1. The maximum Gasteiger partial charge on any atom is 0.303 e. The lowest BCUT2D eigenvalue weighted by Crippen LogP contribution is -2.30. The molecule has 0 fully saturated rings. The van der Waals surface area contributed by atoms with Gasteiger partial charge in [-0.15, -0.1) is 0 Å². The van der Waals surface area contributed by atoms with Crippen LogP contribution >= 0.6 is 0 Å². The molecule has 0 spiro atoms. The summed E-state index contributed by atoms with van der Waals surface area (Å²) in [6.07, 6.45) is 6.62. The van der Waals surface area contributed by atoms with Crippen LogP contribution < -0.4 is 0 Å². The number of carbonyl (C=O) groups is 1. The number of H-pyrrole nitrogens is 3. The van der Waals surface area contributed by atoms with E-state index in [0.717, 1.165) is 49.4 Å². The summed E-state index contributed by atoms with van der Waals surface area (Å²) >= 11 is 0. The highest BCUT2D eigenvalue weighted by atomic mass is 16.4. The van der Waals surface area contributed by atoms with Gasteiger partial charge in [0.05, 0.1) is 5.41 Å². The van der Waals surface area contributed by atoms with E-state index < -0.39 is 11.4 Å². The van der Waals surface area contributed by atoms with E-state index in [1.807, 2.05) is 36.4 Å². The van der Waals surface area contributed by atoms with Crippen molar-refractivity contribution in [2.45, 2.75) is 18.3 Å². The van der Waals surface area contributed by atoms with Gasteiger partial charge in [0.25, 0.3) is 0 Å².